The van der Waals surface area contributed by atoms with E-state index >= 15 is 0 Å². The van der Waals surface area contributed by atoms with Crippen molar-refractivity contribution in [3.8, 4) is 0 Å². The number of aliphatic hydroxyl groups excluding tert-OH is 1. The number of aliphatic hydroxyl groups is 1. The lowest BCUT2D eigenvalue weighted by atomic mass is 10.0. The summed E-state index contributed by atoms with van der Waals surface area (Å²) in [5.41, 5.74) is 0. The highest BCUT2D eigenvalue weighted by molar-refractivity contribution is 5.97. The summed E-state index contributed by atoms with van der Waals surface area (Å²) in [4.78, 5) is 63.8. The predicted octanol–water partition coefficient (Wildman–Crippen LogP) is -0.613. The molecule has 0 aromatic carbocycles. The van der Waals surface area contributed by atoms with Crippen molar-refractivity contribution < 1.29 is 29.1 Å². The summed E-state index contributed by atoms with van der Waals surface area (Å²) in [6.45, 7) is 3.34. The van der Waals surface area contributed by atoms with E-state index in [2.05, 4.69) is 16.0 Å². The van der Waals surface area contributed by atoms with Gasteiger partial charge in [0, 0.05) is 26.0 Å². The Morgan fingerprint density at radius 3 is 2.26 bits per heavy atom. The van der Waals surface area contributed by atoms with Crippen LogP contribution in [-0.2, 0) is 24.0 Å². The molecule has 0 aromatic heterocycles. The molecule has 2 aliphatic rings. The summed E-state index contributed by atoms with van der Waals surface area (Å²) in [5.74, 6) is -1.58. The maximum Gasteiger partial charge on any atom is 0.245 e. The molecular weight excluding hydrogens is 404 g/mol. The molecule has 0 aromatic rings. The van der Waals surface area contributed by atoms with Crippen LogP contribution in [0.3, 0.4) is 0 Å². The highest BCUT2D eigenvalue weighted by Crippen LogP contribution is 2.21. The molecule has 2 aliphatic heterocycles. The fourth-order valence-electron chi connectivity index (χ4n) is 3.93. The van der Waals surface area contributed by atoms with E-state index in [1.807, 2.05) is 0 Å². The third kappa shape index (κ3) is 7.02. The van der Waals surface area contributed by atoms with E-state index in [1.165, 1.54) is 11.8 Å². The molecule has 10 heteroatoms. The van der Waals surface area contributed by atoms with Crippen LogP contribution in [0.1, 0.15) is 65.2 Å². The maximum atomic E-state index is 13.2. The Bertz CT molecular complexity index is 697. The predicted molar refractivity (Wildman–Crippen MR) is 112 cm³/mol. The number of fused-ring (bicyclic) bond motifs is 1. The molecule has 2 heterocycles. The zero-order chi connectivity index (χ0) is 23.0. The molecule has 174 valence electrons. The third-order valence-electron chi connectivity index (χ3n) is 5.80. The van der Waals surface area contributed by atoms with Gasteiger partial charge in [-0.1, -0.05) is 12.8 Å². The molecule has 0 aliphatic carbocycles. The zero-order valence-electron chi connectivity index (χ0n) is 18.3. The maximum absolute atomic E-state index is 13.2. The molecule has 4 N–H and O–H groups in total. The van der Waals surface area contributed by atoms with Gasteiger partial charge >= 0.3 is 0 Å². The Hall–Kier alpha value is -2.49. The van der Waals surface area contributed by atoms with E-state index in [9.17, 15) is 24.0 Å². The molecule has 2 fully saturated rings. The Kier molecular flexibility index (Phi) is 9.42. The average Bonchev–Trinajstić information content (AvgIpc) is 3.21. The van der Waals surface area contributed by atoms with Gasteiger partial charge in [-0.2, -0.15) is 0 Å². The summed E-state index contributed by atoms with van der Waals surface area (Å²) in [7, 11) is 0. The lowest BCUT2D eigenvalue weighted by Gasteiger charge is -2.31. The normalized spacial score (nSPS) is 27.5. The van der Waals surface area contributed by atoms with Crippen molar-refractivity contribution in [3.63, 3.8) is 0 Å². The molecule has 0 saturated carbocycles. The van der Waals surface area contributed by atoms with Crippen LogP contribution >= 0.6 is 0 Å². The zero-order valence-corrected chi connectivity index (χ0v) is 18.3. The number of hydrogen-bond donors (Lipinski definition) is 4. The van der Waals surface area contributed by atoms with Crippen molar-refractivity contribution in [2.75, 3.05) is 13.2 Å². The van der Waals surface area contributed by atoms with Gasteiger partial charge in [-0.3, -0.25) is 24.0 Å². The SMILES string of the molecule is CC1NC(=O)C(C)NC(=O)C2CCCN2C(=O)C(CCCCCC(=O)CCO)NC1=O. The fraction of sp³-hybridized carbons (Fsp3) is 0.762. The van der Waals surface area contributed by atoms with Crippen molar-refractivity contribution in [2.24, 2.45) is 0 Å². The van der Waals surface area contributed by atoms with E-state index in [4.69, 9.17) is 5.11 Å². The van der Waals surface area contributed by atoms with Crippen LogP contribution in [0.25, 0.3) is 0 Å². The van der Waals surface area contributed by atoms with E-state index in [0.717, 1.165) is 0 Å². The van der Waals surface area contributed by atoms with Gasteiger partial charge in [-0.25, -0.2) is 0 Å². The number of nitrogens with zero attached hydrogens (tertiary/aromatic N) is 1. The molecule has 2 rings (SSSR count). The number of ketones is 1. The molecule has 0 spiro atoms. The van der Waals surface area contributed by atoms with Crippen LogP contribution in [0.4, 0.5) is 0 Å². The number of amides is 4. The van der Waals surface area contributed by atoms with Gasteiger partial charge in [-0.15, -0.1) is 0 Å². The second kappa shape index (κ2) is 11.8. The molecule has 2 saturated heterocycles. The van der Waals surface area contributed by atoms with Crippen molar-refractivity contribution in [2.45, 2.75) is 89.4 Å². The Balaban J connectivity index is 2.07. The molecule has 10 nitrogen and oxygen atoms in total. The van der Waals surface area contributed by atoms with E-state index in [0.29, 0.717) is 51.5 Å². The molecule has 4 atom stereocenters. The number of carbonyl (C=O) groups is 5. The van der Waals surface area contributed by atoms with Crippen LogP contribution < -0.4 is 16.0 Å². The lowest BCUT2D eigenvalue weighted by molar-refractivity contribution is -0.143. The lowest BCUT2D eigenvalue weighted by Crippen LogP contribution is -2.60. The first-order valence-electron chi connectivity index (χ1n) is 11.1. The Morgan fingerprint density at radius 2 is 1.58 bits per heavy atom. The minimum absolute atomic E-state index is 0.00241. The number of carbonyl (C=O) groups excluding carboxylic acids is 5. The van der Waals surface area contributed by atoms with Crippen molar-refractivity contribution in [1.82, 2.24) is 20.9 Å². The Labute approximate surface area is 182 Å². The van der Waals surface area contributed by atoms with E-state index in [1.54, 1.807) is 6.92 Å². The van der Waals surface area contributed by atoms with E-state index < -0.39 is 36.0 Å². The minimum Gasteiger partial charge on any atom is -0.396 e. The number of hydrogen-bond acceptors (Lipinski definition) is 6. The number of unbranched alkanes of at least 4 members (excludes halogenated alkanes) is 2. The summed E-state index contributed by atoms with van der Waals surface area (Å²) in [5, 5.41) is 16.7. The third-order valence-corrected chi connectivity index (χ3v) is 5.80. The summed E-state index contributed by atoms with van der Waals surface area (Å²) in [6, 6.07) is -3.13. The van der Waals surface area contributed by atoms with E-state index in [-0.39, 0.29) is 30.6 Å². The van der Waals surface area contributed by atoms with Crippen molar-refractivity contribution in [3.05, 3.63) is 0 Å². The molecule has 4 unspecified atom stereocenters. The van der Waals surface area contributed by atoms with Crippen LogP contribution in [0.5, 0.6) is 0 Å². The first kappa shape index (κ1) is 24.8. The Morgan fingerprint density at radius 1 is 0.935 bits per heavy atom. The van der Waals surface area contributed by atoms with Gasteiger partial charge < -0.3 is 26.0 Å². The van der Waals surface area contributed by atoms with Gasteiger partial charge in [0.1, 0.15) is 30.0 Å². The summed E-state index contributed by atoms with van der Waals surface area (Å²) >= 11 is 0. The highest BCUT2D eigenvalue weighted by Gasteiger charge is 2.39. The van der Waals surface area contributed by atoms with Crippen LogP contribution in [-0.4, -0.2) is 76.7 Å². The van der Waals surface area contributed by atoms with Crippen LogP contribution in [0.2, 0.25) is 0 Å². The molecular formula is C21H34N4O6. The van der Waals surface area contributed by atoms with Gasteiger partial charge in [-0.05, 0) is 39.5 Å². The van der Waals surface area contributed by atoms with Gasteiger partial charge in [0.25, 0.3) is 0 Å². The number of nitrogens with one attached hydrogen (secondary N) is 3. The largest absolute Gasteiger partial charge is 0.396 e. The molecule has 4 amide bonds. The smallest absolute Gasteiger partial charge is 0.245 e. The average molecular weight is 439 g/mol. The number of rotatable bonds is 8. The monoisotopic (exact) mass is 438 g/mol. The fourth-order valence-corrected chi connectivity index (χ4v) is 3.93. The second-order valence-corrected chi connectivity index (χ2v) is 8.32. The quantitative estimate of drug-likeness (QED) is 0.372. The van der Waals surface area contributed by atoms with Gasteiger partial charge in [0.15, 0.2) is 0 Å². The molecule has 0 radical (unpaired) electrons. The summed E-state index contributed by atoms with van der Waals surface area (Å²) < 4.78 is 0. The first-order chi connectivity index (χ1) is 14.7. The second-order valence-electron chi connectivity index (χ2n) is 8.32. The van der Waals surface area contributed by atoms with Gasteiger partial charge in [0.05, 0.1) is 0 Å². The molecule has 31 heavy (non-hydrogen) atoms. The summed E-state index contributed by atoms with van der Waals surface area (Å²) in [6.07, 6.45) is 4.05. The number of Topliss-reactive ketones (excluding diaryl/α,β-unsaturated/α-hetero) is 1. The van der Waals surface area contributed by atoms with Crippen LogP contribution in [0, 0.1) is 0 Å². The first-order valence-corrected chi connectivity index (χ1v) is 11.1. The van der Waals surface area contributed by atoms with Crippen LogP contribution in [0.15, 0.2) is 0 Å². The topological polar surface area (TPSA) is 145 Å². The van der Waals surface area contributed by atoms with Crippen molar-refractivity contribution in [1.29, 1.82) is 0 Å². The highest BCUT2D eigenvalue weighted by atomic mass is 16.3. The van der Waals surface area contributed by atoms with Gasteiger partial charge in [0.2, 0.25) is 23.6 Å². The van der Waals surface area contributed by atoms with Crippen molar-refractivity contribution >= 4 is 29.4 Å². The molecule has 0 bridgehead atoms. The minimum atomic E-state index is -0.855. The standard InChI is InChI=1S/C21H34N4O6/c1-13-18(28)22-14(2)19(29)24-16(8-5-3-4-7-15(27)10-12-26)21(31)25-11-6-9-17(25)20(30)23-13/h13-14,16-17,26H,3-12H2,1-2H3,(H,22,28)(H,23,30)(H,24,29).